The van der Waals surface area contributed by atoms with E-state index in [1.165, 1.54) is 141 Å². The van der Waals surface area contributed by atoms with Gasteiger partial charge in [-0.3, -0.25) is 13.8 Å². The van der Waals surface area contributed by atoms with Crippen molar-refractivity contribution in [1.29, 1.82) is 0 Å². The third-order valence-corrected chi connectivity index (χ3v) is 14.8. The number of aliphatic hydroxyl groups is 1. The van der Waals surface area contributed by atoms with Crippen LogP contribution in [0.4, 0.5) is 0 Å². The highest BCUT2D eigenvalue weighted by atomic mass is 31.2. The molecule has 1 amide bonds. The predicted octanol–water partition coefficient (Wildman–Crippen LogP) is 20.7. The summed E-state index contributed by atoms with van der Waals surface area (Å²) in [5, 5.41) is 13.9. The number of carbonyl (C=O) groups excluding carboxylic acids is 1. The van der Waals surface area contributed by atoms with Gasteiger partial charge in [-0.05, 0) is 103 Å². The monoisotopic (exact) mass is 1130 g/mol. The van der Waals surface area contributed by atoms with Crippen molar-refractivity contribution in [2.24, 2.45) is 0 Å². The number of nitrogens with one attached hydrogen (secondary N) is 1. The summed E-state index contributed by atoms with van der Waals surface area (Å²) in [7, 11) is 1.54. The molecule has 8 nitrogen and oxygen atoms in total. The standard InChI is InChI=1S/C71H123N2O6P/c1-6-8-10-12-14-16-18-20-22-24-25-26-27-28-29-30-31-32-33-34-35-36-37-38-39-40-41-42-43-44-45-46-47-49-51-53-55-57-59-61-63-65-71(75)72-69(68-79-80(76,77)78-67-66-73(3,4)5)70(74)64-62-60-58-56-54-52-50-48-23-21-19-17-15-13-11-9-7-2/h8,10,14,16,20,22,25-26,28-29,31-32,34-35,37-38,40-41,54,56,62,64,69-70,74H,6-7,9,11-13,15,17-19,21,23-24,27,30,33,36,39,42-53,55,57-61,63,65-68H2,1-5H3,(H-,72,75,76,77)/p+1/b10-8-,16-14-,22-20-,26-25-,29-28-,32-31-,35-34-,38-37-,41-40-,56-54+,64-62+. The first-order valence-electron chi connectivity index (χ1n) is 32.6. The number of hydrogen-bond acceptors (Lipinski definition) is 5. The lowest BCUT2D eigenvalue weighted by molar-refractivity contribution is -0.870. The summed E-state index contributed by atoms with van der Waals surface area (Å²) in [6, 6.07) is -0.872. The Balaban J connectivity index is 4.08. The molecule has 0 saturated heterocycles. The van der Waals surface area contributed by atoms with Crippen molar-refractivity contribution >= 4 is 13.7 Å². The van der Waals surface area contributed by atoms with Crippen LogP contribution in [-0.2, 0) is 18.4 Å². The summed E-state index contributed by atoms with van der Waals surface area (Å²) in [6.45, 7) is 4.68. The molecule has 0 aromatic rings. The molecule has 0 spiro atoms. The highest BCUT2D eigenvalue weighted by Crippen LogP contribution is 2.43. The molecule has 0 bridgehead atoms. The maximum absolute atomic E-state index is 13.0. The SMILES string of the molecule is CC/C=C\C/C=C\C/C=C\C/C=C\C/C=C\C/C=C\C/C=C\C/C=C\C/C=C\CCCCCCCCCCCCCCCC(=O)NC(COP(=O)(O)OCC[N+](C)(C)C)C(O)/C=C/CC/C=C/CCCCCCCCCCCCC. The second kappa shape index (κ2) is 60.2. The minimum absolute atomic E-state index is 0.0511. The predicted molar refractivity (Wildman–Crippen MR) is 350 cm³/mol. The molecule has 3 unspecified atom stereocenters. The lowest BCUT2D eigenvalue weighted by atomic mass is 10.0. The van der Waals surface area contributed by atoms with Gasteiger partial charge in [-0.1, -0.05) is 282 Å². The van der Waals surface area contributed by atoms with Crippen molar-refractivity contribution < 1.29 is 32.9 Å². The lowest BCUT2D eigenvalue weighted by Crippen LogP contribution is -2.45. The van der Waals surface area contributed by atoms with Crippen molar-refractivity contribution in [2.75, 3.05) is 40.9 Å². The molecule has 0 fully saturated rings. The molecule has 0 heterocycles. The van der Waals surface area contributed by atoms with Crippen LogP contribution in [0, 0.1) is 0 Å². The van der Waals surface area contributed by atoms with E-state index in [4.69, 9.17) is 9.05 Å². The molecule has 0 radical (unpaired) electrons. The number of carbonyl (C=O) groups is 1. The molecule has 9 heteroatoms. The fourth-order valence-electron chi connectivity index (χ4n) is 8.82. The number of quaternary nitrogens is 1. The summed E-state index contributed by atoms with van der Waals surface area (Å²) < 4.78 is 23.7. The van der Waals surface area contributed by atoms with Crippen LogP contribution in [0.1, 0.15) is 258 Å². The van der Waals surface area contributed by atoms with Crippen LogP contribution >= 0.6 is 7.82 Å². The van der Waals surface area contributed by atoms with Gasteiger partial charge in [0.2, 0.25) is 5.91 Å². The second-order valence-electron chi connectivity index (χ2n) is 22.7. The Kier molecular flexibility index (Phi) is 57.7. The van der Waals surface area contributed by atoms with Crippen molar-refractivity contribution in [2.45, 2.75) is 270 Å². The van der Waals surface area contributed by atoms with Gasteiger partial charge in [-0.2, -0.15) is 0 Å². The molecule has 0 aliphatic rings. The van der Waals surface area contributed by atoms with Gasteiger partial charge in [0.1, 0.15) is 13.2 Å². The highest BCUT2D eigenvalue weighted by Gasteiger charge is 2.27. The molecular weight excluding hydrogens is 1010 g/mol. The molecule has 0 aromatic carbocycles. The molecule has 458 valence electrons. The van der Waals surface area contributed by atoms with Crippen molar-refractivity contribution in [1.82, 2.24) is 5.32 Å². The van der Waals surface area contributed by atoms with Crippen molar-refractivity contribution in [3.63, 3.8) is 0 Å². The zero-order valence-corrected chi connectivity index (χ0v) is 53.2. The smallest absolute Gasteiger partial charge is 0.387 e. The number of rotatable bonds is 58. The Morgan fingerprint density at radius 3 is 1.15 bits per heavy atom. The Hall–Kier alpha value is -3.36. The number of allylic oxidation sites excluding steroid dienone is 21. The van der Waals surface area contributed by atoms with Gasteiger partial charge in [0, 0.05) is 6.42 Å². The average Bonchev–Trinajstić information content (AvgIpc) is 3.42. The number of unbranched alkanes of at least 4 members (excludes halogenated alkanes) is 25. The molecule has 0 saturated carbocycles. The third kappa shape index (κ3) is 62.2. The van der Waals surface area contributed by atoms with E-state index in [1.54, 1.807) is 6.08 Å². The molecule has 3 N–H and O–H groups in total. The third-order valence-electron chi connectivity index (χ3n) is 13.9. The highest BCUT2D eigenvalue weighted by molar-refractivity contribution is 7.47. The number of amides is 1. The minimum Gasteiger partial charge on any atom is -0.387 e. The number of aliphatic hydroxyl groups excluding tert-OH is 1. The fourth-order valence-corrected chi connectivity index (χ4v) is 9.55. The van der Waals surface area contributed by atoms with Crippen LogP contribution < -0.4 is 5.32 Å². The van der Waals surface area contributed by atoms with Gasteiger partial charge >= 0.3 is 7.82 Å². The lowest BCUT2D eigenvalue weighted by Gasteiger charge is -2.25. The zero-order chi connectivity index (χ0) is 58.4. The molecule has 0 aliphatic carbocycles. The average molecular weight is 1130 g/mol. The quantitative estimate of drug-likeness (QED) is 0.0243. The molecule has 0 rings (SSSR count). The van der Waals surface area contributed by atoms with Gasteiger partial charge in [0.15, 0.2) is 0 Å². The van der Waals surface area contributed by atoms with E-state index in [9.17, 15) is 19.4 Å². The van der Waals surface area contributed by atoms with Gasteiger partial charge in [0.25, 0.3) is 0 Å². The van der Waals surface area contributed by atoms with Crippen molar-refractivity contribution in [3.05, 3.63) is 134 Å². The Morgan fingerprint density at radius 1 is 0.438 bits per heavy atom. The topological polar surface area (TPSA) is 105 Å². The first-order valence-corrected chi connectivity index (χ1v) is 34.1. The fraction of sp³-hybridized carbons (Fsp3) is 0.676. The number of likely N-dealkylation sites (N-methyl/N-ethyl adjacent to an activating group) is 1. The summed E-state index contributed by atoms with van der Waals surface area (Å²) in [5.74, 6) is -0.192. The van der Waals surface area contributed by atoms with Crippen molar-refractivity contribution in [3.8, 4) is 0 Å². The Morgan fingerprint density at radius 2 is 0.762 bits per heavy atom. The van der Waals surface area contributed by atoms with Gasteiger partial charge < -0.3 is 19.8 Å². The number of phosphoric acid groups is 1. The van der Waals surface area contributed by atoms with Crippen LogP contribution in [0.25, 0.3) is 0 Å². The van der Waals surface area contributed by atoms with Gasteiger partial charge in [-0.15, -0.1) is 0 Å². The van der Waals surface area contributed by atoms with E-state index in [1.807, 2.05) is 27.2 Å². The van der Waals surface area contributed by atoms with Crippen LogP contribution in [0.2, 0.25) is 0 Å². The van der Waals surface area contributed by atoms with E-state index in [0.717, 1.165) is 96.3 Å². The first kappa shape index (κ1) is 76.6. The summed E-state index contributed by atoms with van der Waals surface area (Å²) in [6.07, 6.45) is 91.5. The van der Waals surface area contributed by atoms with Crippen LogP contribution in [0.3, 0.4) is 0 Å². The Bertz CT molecular complexity index is 1760. The second-order valence-corrected chi connectivity index (χ2v) is 24.2. The first-order chi connectivity index (χ1) is 39.0. The number of hydrogen-bond donors (Lipinski definition) is 3. The Labute approximate surface area is 494 Å². The molecule has 0 aromatic heterocycles. The van der Waals surface area contributed by atoms with Crippen LogP contribution in [-0.4, -0.2) is 73.4 Å². The maximum Gasteiger partial charge on any atom is 0.472 e. The summed E-state index contributed by atoms with van der Waals surface area (Å²) in [5.41, 5.74) is 0. The van der Waals surface area contributed by atoms with E-state index in [2.05, 4.69) is 141 Å². The van der Waals surface area contributed by atoms with Gasteiger partial charge in [0.05, 0.1) is 39.9 Å². The molecule has 0 aliphatic heterocycles. The van der Waals surface area contributed by atoms with Crippen LogP contribution in [0.15, 0.2) is 134 Å². The molecule has 3 atom stereocenters. The number of phosphoric ester groups is 1. The zero-order valence-electron chi connectivity index (χ0n) is 52.3. The van der Waals surface area contributed by atoms with E-state index < -0.39 is 20.0 Å². The van der Waals surface area contributed by atoms with E-state index in [0.29, 0.717) is 17.4 Å². The van der Waals surface area contributed by atoms with Crippen LogP contribution in [0.5, 0.6) is 0 Å². The minimum atomic E-state index is -4.36. The van der Waals surface area contributed by atoms with E-state index in [-0.39, 0.29) is 19.1 Å². The summed E-state index contributed by atoms with van der Waals surface area (Å²) in [4.78, 5) is 23.3. The molecular formula is C71H124N2O6P+. The largest absolute Gasteiger partial charge is 0.472 e. The normalized spacial score (nSPS) is 14.6. The maximum atomic E-state index is 13.0. The van der Waals surface area contributed by atoms with Gasteiger partial charge in [-0.25, -0.2) is 4.57 Å². The molecule has 80 heavy (non-hydrogen) atoms. The summed E-state index contributed by atoms with van der Waals surface area (Å²) >= 11 is 0. The number of nitrogens with zero attached hydrogens (tertiary/aromatic N) is 1. The van der Waals surface area contributed by atoms with E-state index >= 15 is 0 Å².